The highest BCUT2D eigenvalue weighted by atomic mass is 19.2. The number of nitrogens with zero attached hydrogens (tertiary/aromatic N) is 3. The van der Waals surface area contributed by atoms with E-state index in [1.165, 1.54) is 23.0 Å². The Morgan fingerprint density at radius 3 is 2.57 bits per heavy atom. The number of benzene rings is 2. The van der Waals surface area contributed by atoms with Crippen molar-refractivity contribution in [3.8, 4) is 11.4 Å². The van der Waals surface area contributed by atoms with Gasteiger partial charge in [0.2, 0.25) is 0 Å². The number of carbonyl (C=O) groups excluding carboxylic acids is 2. The van der Waals surface area contributed by atoms with E-state index in [1.54, 1.807) is 19.1 Å². The Labute approximate surface area is 199 Å². The third-order valence-corrected chi connectivity index (χ3v) is 4.68. The summed E-state index contributed by atoms with van der Waals surface area (Å²) in [7, 11) is 0. The highest BCUT2D eigenvalue weighted by Crippen LogP contribution is 2.24. The van der Waals surface area contributed by atoms with E-state index < -0.39 is 24.2 Å². The first-order valence-electron chi connectivity index (χ1n) is 10.8. The molecule has 3 rings (SSSR count). The van der Waals surface area contributed by atoms with Crippen molar-refractivity contribution in [1.82, 2.24) is 25.6 Å². The van der Waals surface area contributed by atoms with Crippen molar-refractivity contribution in [2.75, 3.05) is 33.0 Å². The summed E-state index contributed by atoms with van der Waals surface area (Å²) in [5.74, 6) is -2.60. The molecule has 1 heterocycles. The number of ether oxygens (including phenoxy) is 2. The highest BCUT2D eigenvalue weighted by Gasteiger charge is 2.16. The van der Waals surface area contributed by atoms with Crippen LogP contribution in [0.3, 0.4) is 0 Å². The van der Waals surface area contributed by atoms with Gasteiger partial charge in [-0.25, -0.2) is 17.9 Å². The zero-order chi connectivity index (χ0) is 25.2. The lowest BCUT2D eigenvalue weighted by atomic mass is 10.1. The summed E-state index contributed by atoms with van der Waals surface area (Å²) in [5, 5.41) is 13.1. The molecule has 0 radical (unpaired) electrons. The van der Waals surface area contributed by atoms with E-state index in [-0.39, 0.29) is 43.7 Å². The molecule has 0 aliphatic rings. The van der Waals surface area contributed by atoms with Crippen molar-refractivity contribution in [3.05, 3.63) is 71.1 Å². The first-order chi connectivity index (χ1) is 16.9. The molecule has 2 N–H and O–H groups in total. The predicted octanol–water partition coefficient (Wildman–Crippen LogP) is 2.59. The van der Waals surface area contributed by atoms with Gasteiger partial charge in [0, 0.05) is 18.7 Å². The van der Waals surface area contributed by atoms with Crippen molar-refractivity contribution in [3.63, 3.8) is 0 Å². The maximum atomic E-state index is 13.4. The standard InChI is InChI=1S/C23H24F3N5O4/c1-2-27-22(32)16-4-6-20(21(12-16)35-10-9-34-8-7-24)31-14-19(29-30-31)23(33)28-13-15-3-5-17(25)18(26)11-15/h3-6,11-12,14H,2,7-10,13H2,1H3,(H,27,32)(H,28,33). The van der Waals surface area contributed by atoms with Crippen LogP contribution in [0.15, 0.2) is 42.6 Å². The van der Waals surface area contributed by atoms with Crippen LogP contribution in [0.4, 0.5) is 13.2 Å². The van der Waals surface area contributed by atoms with Crippen LogP contribution in [-0.2, 0) is 11.3 Å². The monoisotopic (exact) mass is 491 g/mol. The molecule has 35 heavy (non-hydrogen) atoms. The molecule has 0 spiro atoms. The predicted molar refractivity (Wildman–Crippen MR) is 119 cm³/mol. The van der Waals surface area contributed by atoms with Gasteiger partial charge in [0.15, 0.2) is 17.3 Å². The van der Waals surface area contributed by atoms with Crippen LogP contribution < -0.4 is 15.4 Å². The number of halogens is 3. The number of amides is 2. The maximum Gasteiger partial charge on any atom is 0.273 e. The normalized spacial score (nSPS) is 10.7. The lowest BCUT2D eigenvalue weighted by Crippen LogP contribution is -2.23. The second-order valence-corrected chi connectivity index (χ2v) is 7.17. The Balaban J connectivity index is 1.74. The number of nitrogens with one attached hydrogen (secondary N) is 2. The molecule has 9 nitrogen and oxygen atoms in total. The molecule has 0 unspecified atom stereocenters. The molecule has 0 aliphatic carbocycles. The van der Waals surface area contributed by atoms with Crippen LogP contribution in [0.2, 0.25) is 0 Å². The van der Waals surface area contributed by atoms with Gasteiger partial charge >= 0.3 is 0 Å². The fourth-order valence-electron chi connectivity index (χ4n) is 3.00. The molecule has 1 aromatic heterocycles. The van der Waals surface area contributed by atoms with Crippen LogP contribution >= 0.6 is 0 Å². The molecule has 12 heteroatoms. The number of hydrogen-bond acceptors (Lipinski definition) is 6. The average Bonchev–Trinajstić information content (AvgIpc) is 3.35. The van der Waals surface area contributed by atoms with Gasteiger partial charge in [0.25, 0.3) is 11.8 Å². The van der Waals surface area contributed by atoms with Crippen molar-refractivity contribution in [2.45, 2.75) is 13.5 Å². The molecular weight excluding hydrogens is 467 g/mol. The van der Waals surface area contributed by atoms with E-state index in [0.717, 1.165) is 12.1 Å². The molecule has 0 saturated heterocycles. The Kier molecular flexibility index (Phi) is 9.18. The summed E-state index contributed by atoms with van der Waals surface area (Å²) in [6.45, 7) is 1.74. The van der Waals surface area contributed by atoms with Crippen LogP contribution in [0.1, 0.15) is 33.3 Å². The third-order valence-electron chi connectivity index (χ3n) is 4.68. The van der Waals surface area contributed by atoms with E-state index in [1.807, 2.05) is 0 Å². The molecule has 0 aliphatic heterocycles. The van der Waals surface area contributed by atoms with Crippen molar-refractivity contribution in [2.24, 2.45) is 0 Å². The van der Waals surface area contributed by atoms with Gasteiger partial charge in [0.1, 0.15) is 24.7 Å². The van der Waals surface area contributed by atoms with Crippen LogP contribution in [0, 0.1) is 11.6 Å². The first kappa shape index (κ1) is 25.7. The summed E-state index contributed by atoms with van der Waals surface area (Å²) in [4.78, 5) is 24.7. The molecule has 3 aromatic rings. The molecular formula is C23H24F3N5O4. The van der Waals surface area contributed by atoms with Gasteiger partial charge in [-0.3, -0.25) is 9.59 Å². The summed E-state index contributed by atoms with van der Waals surface area (Å²) in [6, 6.07) is 7.98. The summed E-state index contributed by atoms with van der Waals surface area (Å²) >= 11 is 0. The Morgan fingerprint density at radius 1 is 1.00 bits per heavy atom. The number of aromatic nitrogens is 3. The largest absolute Gasteiger partial charge is 0.489 e. The van der Waals surface area contributed by atoms with E-state index in [2.05, 4.69) is 20.9 Å². The summed E-state index contributed by atoms with van der Waals surface area (Å²) in [6.07, 6.45) is 1.36. The SMILES string of the molecule is CCNC(=O)c1ccc(-n2cc(C(=O)NCc3ccc(F)c(F)c3)nn2)c(OCCOCCF)c1. The summed E-state index contributed by atoms with van der Waals surface area (Å²) in [5.41, 5.74) is 1.09. The molecule has 0 fully saturated rings. The van der Waals surface area contributed by atoms with Gasteiger partial charge < -0.3 is 20.1 Å². The second-order valence-electron chi connectivity index (χ2n) is 7.17. The number of hydrogen-bond donors (Lipinski definition) is 2. The molecule has 186 valence electrons. The molecule has 0 bridgehead atoms. The zero-order valence-electron chi connectivity index (χ0n) is 18.9. The Hall–Kier alpha value is -3.93. The Morgan fingerprint density at radius 2 is 1.83 bits per heavy atom. The lowest BCUT2D eigenvalue weighted by molar-refractivity contribution is 0.0894. The fraction of sp³-hybridized carbons (Fsp3) is 0.304. The summed E-state index contributed by atoms with van der Waals surface area (Å²) < 4.78 is 50.7. The zero-order valence-corrected chi connectivity index (χ0v) is 18.9. The minimum absolute atomic E-state index is 0.0300. The number of rotatable bonds is 12. The van der Waals surface area contributed by atoms with Crippen LogP contribution in [-0.4, -0.2) is 59.8 Å². The second kappa shape index (κ2) is 12.5. The lowest BCUT2D eigenvalue weighted by Gasteiger charge is -2.13. The maximum absolute atomic E-state index is 13.4. The van der Waals surface area contributed by atoms with Crippen molar-refractivity contribution >= 4 is 11.8 Å². The van der Waals surface area contributed by atoms with Crippen molar-refractivity contribution < 1.29 is 32.2 Å². The van der Waals surface area contributed by atoms with E-state index in [4.69, 9.17) is 9.47 Å². The smallest absolute Gasteiger partial charge is 0.273 e. The van der Waals surface area contributed by atoms with Gasteiger partial charge in [-0.2, -0.15) is 0 Å². The molecule has 2 aromatic carbocycles. The van der Waals surface area contributed by atoms with E-state index in [0.29, 0.717) is 23.4 Å². The molecule has 0 atom stereocenters. The molecule has 0 saturated carbocycles. The number of alkyl halides is 1. The van der Waals surface area contributed by atoms with Gasteiger partial charge in [-0.05, 0) is 42.8 Å². The minimum atomic E-state index is -1.01. The van der Waals surface area contributed by atoms with Crippen LogP contribution in [0.5, 0.6) is 5.75 Å². The Bertz CT molecular complexity index is 1170. The van der Waals surface area contributed by atoms with Gasteiger partial charge in [0.05, 0.1) is 19.4 Å². The topological polar surface area (TPSA) is 107 Å². The van der Waals surface area contributed by atoms with Gasteiger partial charge in [-0.1, -0.05) is 11.3 Å². The van der Waals surface area contributed by atoms with E-state index in [9.17, 15) is 22.8 Å². The number of carbonyl (C=O) groups is 2. The quantitative estimate of drug-likeness (QED) is 0.377. The first-order valence-corrected chi connectivity index (χ1v) is 10.8. The highest BCUT2D eigenvalue weighted by molar-refractivity contribution is 5.95. The van der Waals surface area contributed by atoms with Crippen molar-refractivity contribution in [1.29, 1.82) is 0 Å². The minimum Gasteiger partial charge on any atom is -0.489 e. The third kappa shape index (κ3) is 7.03. The van der Waals surface area contributed by atoms with Gasteiger partial charge in [-0.15, -0.1) is 5.10 Å². The van der Waals surface area contributed by atoms with E-state index >= 15 is 0 Å². The average molecular weight is 491 g/mol. The fourth-order valence-corrected chi connectivity index (χ4v) is 3.00. The van der Waals surface area contributed by atoms with Crippen LogP contribution in [0.25, 0.3) is 5.69 Å². The molecule has 2 amide bonds.